The zero-order chi connectivity index (χ0) is 19.8. The number of aryl methyl sites for hydroxylation is 1. The maximum Gasteiger partial charge on any atom is 0.349 e. The molecule has 0 unspecified atom stereocenters. The van der Waals surface area contributed by atoms with Crippen molar-refractivity contribution in [2.45, 2.75) is 46.0 Å². The molecule has 0 saturated carbocycles. The van der Waals surface area contributed by atoms with Gasteiger partial charge in [-0.25, -0.2) is 9.78 Å². The Morgan fingerprint density at radius 2 is 1.96 bits per heavy atom. The number of fused-ring (bicyclic) bond motifs is 2. The Bertz CT molecular complexity index is 1160. The lowest BCUT2D eigenvalue weighted by molar-refractivity contribution is 0.638. The molecule has 1 aromatic carbocycles. The smallest absolute Gasteiger partial charge is 0.322 e. The van der Waals surface area contributed by atoms with Crippen LogP contribution in [-0.2, 0) is 6.54 Å². The van der Waals surface area contributed by atoms with E-state index in [-0.39, 0.29) is 5.69 Å². The minimum absolute atomic E-state index is 0.163. The molecule has 1 N–H and O–H groups in total. The van der Waals surface area contributed by atoms with E-state index in [1.54, 1.807) is 0 Å². The third kappa shape index (κ3) is 4.20. The SMILES string of the molecule is CCCCn1c2nc(=O)[nH]c(=O)c-2nc2c(C#C[Si](C)(C)C)cc(Br)cc21. The van der Waals surface area contributed by atoms with Gasteiger partial charge in [0.25, 0.3) is 5.56 Å². The van der Waals surface area contributed by atoms with Gasteiger partial charge in [0.05, 0.1) is 11.1 Å². The fourth-order valence-corrected chi connectivity index (χ4v) is 3.71. The quantitative estimate of drug-likeness (QED) is 0.381. The number of nitrogens with zero attached hydrogens (tertiary/aromatic N) is 3. The van der Waals surface area contributed by atoms with Crippen molar-refractivity contribution in [1.29, 1.82) is 0 Å². The molecule has 0 saturated heterocycles. The maximum absolute atomic E-state index is 12.4. The Morgan fingerprint density at radius 1 is 1.22 bits per heavy atom. The van der Waals surface area contributed by atoms with Crippen molar-refractivity contribution in [3.63, 3.8) is 0 Å². The fraction of sp³-hybridized carbons (Fsp3) is 0.368. The summed E-state index contributed by atoms with van der Waals surface area (Å²) in [5.74, 6) is 3.57. The normalized spacial score (nSPS) is 11.6. The molecule has 1 aromatic rings. The highest BCUT2D eigenvalue weighted by Gasteiger charge is 2.20. The van der Waals surface area contributed by atoms with Crippen LogP contribution in [0.15, 0.2) is 26.2 Å². The number of nitrogens with one attached hydrogen (secondary N) is 1. The van der Waals surface area contributed by atoms with Gasteiger partial charge in [0.15, 0.2) is 11.5 Å². The molecule has 27 heavy (non-hydrogen) atoms. The van der Waals surface area contributed by atoms with Gasteiger partial charge in [-0.15, -0.1) is 5.54 Å². The van der Waals surface area contributed by atoms with Crippen LogP contribution in [-0.4, -0.2) is 27.6 Å². The Labute approximate surface area is 166 Å². The van der Waals surface area contributed by atoms with Crippen LogP contribution in [0, 0.1) is 11.5 Å². The van der Waals surface area contributed by atoms with Crippen LogP contribution in [0.2, 0.25) is 19.6 Å². The van der Waals surface area contributed by atoms with E-state index in [1.807, 2.05) is 16.7 Å². The van der Waals surface area contributed by atoms with Crippen LogP contribution >= 0.6 is 15.9 Å². The van der Waals surface area contributed by atoms with E-state index >= 15 is 0 Å². The Morgan fingerprint density at radius 3 is 2.63 bits per heavy atom. The van der Waals surface area contributed by atoms with Gasteiger partial charge >= 0.3 is 5.69 Å². The molecule has 2 heterocycles. The summed E-state index contributed by atoms with van der Waals surface area (Å²) in [4.78, 5) is 34.9. The second-order valence-corrected chi connectivity index (χ2v) is 13.1. The number of H-pyrrole nitrogens is 1. The molecule has 0 aliphatic carbocycles. The summed E-state index contributed by atoms with van der Waals surface area (Å²) in [6.07, 6.45) is 1.87. The van der Waals surface area contributed by atoms with Crippen molar-refractivity contribution in [2.75, 3.05) is 0 Å². The molecule has 140 valence electrons. The number of benzene rings is 1. The standard InChI is InChI=1S/C19H21BrN4O2Si/c1-5-6-8-24-14-11-13(20)10-12(7-9-27(2,3)4)15(14)21-16-17(24)22-19(26)23-18(16)25/h10-11H,5-6,8H2,1-4H3,(H,23,25,26). The van der Waals surface area contributed by atoms with Crippen molar-refractivity contribution in [3.05, 3.63) is 43.0 Å². The number of rotatable bonds is 3. The highest BCUT2D eigenvalue weighted by Crippen LogP contribution is 2.27. The van der Waals surface area contributed by atoms with Crippen molar-refractivity contribution in [2.24, 2.45) is 0 Å². The highest BCUT2D eigenvalue weighted by molar-refractivity contribution is 9.10. The first-order valence-electron chi connectivity index (χ1n) is 8.87. The molecule has 0 aromatic heterocycles. The number of halogens is 1. The summed E-state index contributed by atoms with van der Waals surface area (Å²) in [5, 5.41) is 0. The molecule has 0 spiro atoms. The molecule has 0 radical (unpaired) electrons. The number of hydrogen-bond donors (Lipinski definition) is 1. The molecular formula is C19H21BrN4O2Si. The molecule has 0 amide bonds. The first kappa shape index (κ1) is 19.5. The predicted molar refractivity (Wildman–Crippen MR) is 114 cm³/mol. The minimum Gasteiger partial charge on any atom is -0.322 e. The predicted octanol–water partition coefficient (Wildman–Crippen LogP) is 3.38. The van der Waals surface area contributed by atoms with E-state index in [4.69, 9.17) is 0 Å². The summed E-state index contributed by atoms with van der Waals surface area (Å²) in [5.41, 5.74) is 4.56. The van der Waals surface area contributed by atoms with Gasteiger partial charge in [0, 0.05) is 11.0 Å². The summed E-state index contributed by atoms with van der Waals surface area (Å²) < 4.78 is 2.77. The summed E-state index contributed by atoms with van der Waals surface area (Å²) >= 11 is 3.55. The Hall–Kier alpha value is -2.24. The number of unbranched alkanes of at least 4 members (excludes halogenated alkanes) is 1. The van der Waals surface area contributed by atoms with Crippen LogP contribution < -0.4 is 11.2 Å². The van der Waals surface area contributed by atoms with E-state index in [0.717, 1.165) is 28.4 Å². The lowest BCUT2D eigenvalue weighted by Crippen LogP contribution is -2.29. The lowest BCUT2D eigenvalue weighted by atomic mass is 10.1. The molecule has 2 aliphatic rings. The Balaban J connectivity index is 2.46. The number of aromatic amines is 1. The van der Waals surface area contributed by atoms with Crippen molar-refractivity contribution in [3.8, 4) is 23.0 Å². The highest BCUT2D eigenvalue weighted by atomic mass is 79.9. The minimum atomic E-state index is -1.58. The largest absolute Gasteiger partial charge is 0.349 e. The van der Waals surface area contributed by atoms with E-state index in [9.17, 15) is 9.59 Å². The van der Waals surface area contributed by atoms with Gasteiger partial charge in [-0.3, -0.25) is 9.78 Å². The fourth-order valence-electron chi connectivity index (χ4n) is 2.75. The third-order valence-corrected chi connectivity index (χ3v) is 5.32. The second kappa shape index (κ2) is 7.41. The zero-order valence-corrected chi connectivity index (χ0v) is 18.4. The van der Waals surface area contributed by atoms with Crippen LogP contribution in [0.4, 0.5) is 0 Å². The van der Waals surface area contributed by atoms with Gasteiger partial charge in [-0.2, -0.15) is 4.98 Å². The van der Waals surface area contributed by atoms with E-state index < -0.39 is 19.3 Å². The number of aromatic nitrogens is 4. The third-order valence-electron chi connectivity index (χ3n) is 3.99. The van der Waals surface area contributed by atoms with Crippen LogP contribution in [0.3, 0.4) is 0 Å². The second-order valence-electron chi connectivity index (χ2n) is 7.48. The molecule has 2 aliphatic heterocycles. The average molecular weight is 445 g/mol. The van der Waals surface area contributed by atoms with E-state index in [1.165, 1.54) is 0 Å². The van der Waals surface area contributed by atoms with Gasteiger partial charge in [0.2, 0.25) is 0 Å². The van der Waals surface area contributed by atoms with E-state index in [0.29, 0.717) is 17.9 Å². The van der Waals surface area contributed by atoms with Crippen LogP contribution in [0.5, 0.6) is 0 Å². The van der Waals surface area contributed by atoms with Gasteiger partial charge in [-0.05, 0) is 18.6 Å². The van der Waals surface area contributed by atoms with Gasteiger partial charge in [0.1, 0.15) is 13.6 Å². The molecule has 0 atom stereocenters. The zero-order valence-electron chi connectivity index (χ0n) is 15.8. The molecule has 0 fully saturated rings. The number of hydrogen-bond acceptors (Lipinski definition) is 4. The summed E-state index contributed by atoms with van der Waals surface area (Å²) in [7, 11) is -1.58. The molecule has 6 nitrogen and oxygen atoms in total. The first-order valence-corrected chi connectivity index (χ1v) is 13.2. The molecule has 8 heteroatoms. The Kier molecular flexibility index (Phi) is 5.35. The lowest BCUT2D eigenvalue weighted by Gasteiger charge is -2.17. The van der Waals surface area contributed by atoms with Crippen molar-refractivity contribution >= 4 is 35.0 Å². The van der Waals surface area contributed by atoms with Gasteiger partial charge < -0.3 is 4.57 Å². The monoisotopic (exact) mass is 444 g/mol. The van der Waals surface area contributed by atoms with Crippen LogP contribution in [0.1, 0.15) is 25.3 Å². The molecule has 0 bridgehead atoms. The van der Waals surface area contributed by atoms with Gasteiger partial charge in [-0.1, -0.05) is 54.8 Å². The van der Waals surface area contributed by atoms with E-state index in [2.05, 4.69) is 68.9 Å². The molecule has 3 rings (SSSR count). The first-order chi connectivity index (χ1) is 12.7. The maximum atomic E-state index is 12.4. The average Bonchev–Trinajstić information content (AvgIpc) is 2.56. The van der Waals surface area contributed by atoms with Crippen molar-refractivity contribution in [1.82, 2.24) is 19.5 Å². The van der Waals surface area contributed by atoms with Crippen molar-refractivity contribution < 1.29 is 0 Å². The molecular weight excluding hydrogens is 424 g/mol. The summed E-state index contributed by atoms with van der Waals surface area (Å²) in [6, 6.07) is 3.85. The summed E-state index contributed by atoms with van der Waals surface area (Å²) in [6.45, 7) is 9.25. The topological polar surface area (TPSA) is 80.6 Å². The van der Waals surface area contributed by atoms with Crippen LogP contribution in [0.25, 0.3) is 22.6 Å².